The second kappa shape index (κ2) is 5.44. The second-order valence-corrected chi connectivity index (χ2v) is 3.46. The van der Waals surface area contributed by atoms with E-state index in [-0.39, 0.29) is 0 Å². The fourth-order valence-corrected chi connectivity index (χ4v) is 1.26. The zero-order valence-electron chi connectivity index (χ0n) is 8.78. The van der Waals surface area contributed by atoms with Crippen LogP contribution in [0.2, 0.25) is 0 Å². The molecule has 1 rings (SSSR count). The summed E-state index contributed by atoms with van der Waals surface area (Å²) in [6.07, 6.45) is -2.43. The van der Waals surface area contributed by atoms with Gasteiger partial charge in [-0.3, -0.25) is 4.79 Å². The van der Waals surface area contributed by atoms with E-state index in [9.17, 15) is 13.6 Å². The van der Waals surface area contributed by atoms with E-state index in [4.69, 9.17) is 5.11 Å². The molecule has 16 heavy (non-hydrogen) atoms. The van der Waals surface area contributed by atoms with Crippen molar-refractivity contribution in [1.29, 1.82) is 0 Å². The van der Waals surface area contributed by atoms with Gasteiger partial charge in [0.25, 0.3) is 6.43 Å². The minimum atomic E-state index is -2.43. The third-order valence-electron chi connectivity index (χ3n) is 2.22. The molecular weight excluding hydrogens is 216 g/mol. The lowest BCUT2D eigenvalue weighted by Crippen LogP contribution is -2.11. The maximum atomic E-state index is 12.0. The number of hydrogen-bond acceptors (Lipinski definition) is 2. The van der Waals surface area contributed by atoms with Crippen LogP contribution in [0, 0.1) is 0 Å². The van der Waals surface area contributed by atoms with Crippen molar-refractivity contribution in [1.82, 2.24) is 0 Å². The van der Waals surface area contributed by atoms with Gasteiger partial charge in [-0.15, -0.1) is 0 Å². The standard InChI is InChI=1S/C11H13F2NO2/c1-7(11(15)16)8-3-2-4-9(5-8)14-6-10(12)13/h2-5,7,10,14H,6H2,1H3,(H,15,16). The number of anilines is 1. The number of nitrogens with one attached hydrogen (secondary N) is 1. The van der Waals surface area contributed by atoms with Crippen molar-refractivity contribution >= 4 is 11.7 Å². The lowest BCUT2D eigenvalue weighted by Gasteiger charge is -2.10. The first-order valence-corrected chi connectivity index (χ1v) is 4.85. The number of alkyl halides is 2. The SMILES string of the molecule is CC(C(=O)O)c1cccc(NCC(F)F)c1. The van der Waals surface area contributed by atoms with Crippen molar-refractivity contribution < 1.29 is 18.7 Å². The largest absolute Gasteiger partial charge is 0.481 e. The molecular formula is C11H13F2NO2. The van der Waals surface area contributed by atoms with Crippen LogP contribution in [0.4, 0.5) is 14.5 Å². The molecule has 0 amide bonds. The smallest absolute Gasteiger partial charge is 0.310 e. The van der Waals surface area contributed by atoms with Crippen LogP contribution in [-0.4, -0.2) is 24.0 Å². The first-order chi connectivity index (χ1) is 7.50. The molecule has 3 nitrogen and oxygen atoms in total. The average molecular weight is 229 g/mol. The Labute approximate surface area is 92.1 Å². The van der Waals surface area contributed by atoms with E-state index in [0.717, 1.165) is 0 Å². The number of hydrogen-bond donors (Lipinski definition) is 2. The van der Waals surface area contributed by atoms with Crippen LogP contribution in [0.1, 0.15) is 18.4 Å². The summed E-state index contributed by atoms with van der Waals surface area (Å²) in [5, 5.41) is 11.3. The van der Waals surface area contributed by atoms with Crippen LogP contribution < -0.4 is 5.32 Å². The van der Waals surface area contributed by atoms with E-state index in [0.29, 0.717) is 11.3 Å². The Kier molecular flexibility index (Phi) is 4.22. The summed E-state index contributed by atoms with van der Waals surface area (Å²) in [5.41, 5.74) is 1.10. The molecule has 0 saturated carbocycles. The molecule has 1 aromatic rings. The number of rotatable bonds is 5. The Morgan fingerprint density at radius 3 is 2.75 bits per heavy atom. The summed E-state index contributed by atoms with van der Waals surface area (Å²) in [5.74, 6) is -1.58. The Morgan fingerprint density at radius 1 is 1.50 bits per heavy atom. The number of carbonyl (C=O) groups is 1. The third kappa shape index (κ3) is 3.49. The van der Waals surface area contributed by atoms with Gasteiger partial charge in [0.2, 0.25) is 0 Å². The van der Waals surface area contributed by atoms with Gasteiger partial charge in [-0.25, -0.2) is 8.78 Å². The fourth-order valence-electron chi connectivity index (χ4n) is 1.26. The fraction of sp³-hybridized carbons (Fsp3) is 0.364. The summed E-state index contributed by atoms with van der Waals surface area (Å²) in [4.78, 5) is 10.7. The topological polar surface area (TPSA) is 49.3 Å². The van der Waals surface area contributed by atoms with Gasteiger partial charge in [-0.2, -0.15) is 0 Å². The lowest BCUT2D eigenvalue weighted by atomic mass is 10.0. The quantitative estimate of drug-likeness (QED) is 0.815. The number of benzene rings is 1. The zero-order chi connectivity index (χ0) is 12.1. The van der Waals surface area contributed by atoms with E-state index in [2.05, 4.69) is 5.32 Å². The van der Waals surface area contributed by atoms with Crippen molar-refractivity contribution in [3.05, 3.63) is 29.8 Å². The summed E-state index contributed by atoms with van der Waals surface area (Å²) in [7, 11) is 0. The molecule has 0 aliphatic rings. The molecule has 5 heteroatoms. The monoisotopic (exact) mass is 229 g/mol. The average Bonchev–Trinajstić information content (AvgIpc) is 2.25. The summed E-state index contributed by atoms with van der Waals surface area (Å²) in [6.45, 7) is 1.11. The molecule has 88 valence electrons. The predicted molar refractivity (Wildman–Crippen MR) is 57.0 cm³/mol. The van der Waals surface area contributed by atoms with E-state index in [1.54, 1.807) is 31.2 Å². The van der Waals surface area contributed by atoms with Gasteiger partial charge in [-0.1, -0.05) is 12.1 Å². The van der Waals surface area contributed by atoms with Crippen molar-refractivity contribution in [2.24, 2.45) is 0 Å². The van der Waals surface area contributed by atoms with Crippen molar-refractivity contribution in [2.45, 2.75) is 19.3 Å². The molecule has 0 fully saturated rings. The molecule has 0 radical (unpaired) electrons. The maximum absolute atomic E-state index is 12.0. The second-order valence-electron chi connectivity index (χ2n) is 3.46. The molecule has 0 heterocycles. The molecule has 0 aromatic heterocycles. The molecule has 1 unspecified atom stereocenters. The van der Waals surface area contributed by atoms with Gasteiger partial charge in [0.05, 0.1) is 12.5 Å². The number of halogens is 2. The van der Waals surface area contributed by atoms with Crippen LogP contribution in [0.15, 0.2) is 24.3 Å². The van der Waals surface area contributed by atoms with Gasteiger partial charge in [-0.05, 0) is 24.6 Å². The van der Waals surface area contributed by atoms with Crippen molar-refractivity contribution in [2.75, 3.05) is 11.9 Å². The summed E-state index contributed by atoms with van der Waals surface area (Å²) in [6, 6.07) is 6.50. The minimum Gasteiger partial charge on any atom is -0.481 e. The molecule has 0 spiro atoms. The predicted octanol–water partition coefficient (Wildman–Crippen LogP) is 2.55. The molecule has 2 N–H and O–H groups in total. The van der Waals surface area contributed by atoms with Crippen LogP contribution in [-0.2, 0) is 4.79 Å². The van der Waals surface area contributed by atoms with Crippen LogP contribution in [0.5, 0.6) is 0 Å². The minimum absolute atomic E-state index is 0.440. The van der Waals surface area contributed by atoms with Crippen LogP contribution in [0.25, 0.3) is 0 Å². The Bertz CT molecular complexity index is 369. The van der Waals surface area contributed by atoms with Crippen molar-refractivity contribution in [3.8, 4) is 0 Å². The zero-order valence-corrected chi connectivity index (χ0v) is 8.78. The first-order valence-electron chi connectivity index (χ1n) is 4.85. The molecule has 0 aliphatic carbocycles. The van der Waals surface area contributed by atoms with E-state index < -0.39 is 24.9 Å². The van der Waals surface area contributed by atoms with Crippen LogP contribution in [0.3, 0.4) is 0 Å². The molecule has 0 saturated heterocycles. The highest BCUT2D eigenvalue weighted by molar-refractivity contribution is 5.76. The Hall–Kier alpha value is -1.65. The van der Waals surface area contributed by atoms with E-state index in [1.807, 2.05) is 0 Å². The normalized spacial score (nSPS) is 12.5. The van der Waals surface area contributed by atoms with Crippen LogP contribution >= 0.6 is 0 Å². The molecule has 1 atom stereocenters. The summed E-state index contributed by atoms with van der Waals surface area (Å²) < 4.78 is 23.9. The third-order valence-corrected chi connectivity index (χ3v) is 2.22. The molecule has 0 aliphatic heterocycles. The summed E-state index contributed by atoms with van der Waals surface area (Å²) >= 11 is 0. The van der Waals surface area contributed by atoms with E-state index in [1.165, 1.54) is 0 Å². The highest BCUT2D eigenvalue weighted by Crippen LogP contribution is 2.19. The van der Waals surface area contributed by atoms with Gasteiger partial charge in [0.1, 0.15) is 0 Å². The Balaban J connectivity index is 2.74. The van der Waals surface area contributed by atoms with Gasteiger partial charge < -0.3 is 10.4 Å². The van der Waals surface area contributed by atoms with Gasteiger partial charge in [0.15, 0.2) is 0 Å². The van der Waals surface area contributed by atoms with Crippen molar-refractivity contribution in [3.63, 3.8) is 0 Å². The maximum Gasteiger partial charge on any atom is 0.310 e. The Morgan fingerprint density at radius 2 is 2.19 bits per heavy atom. The van der Waals surface area contributed by atoms with E-state index >= 15 is 0 Å². The number of aliphatic carboxylic acids is 1. The first kappa shape index (κ1) is 12.4. The highest BCUT2D eigenvalue weighted by Gasteiger charge is 2.13. The van der Waals surface area contributed by atoms with Gasteiger partial charge in [0, 0.05) is 5.69 Å². The number of carboxylic acid groups (broad SMARTS) is 1. The molecule has 1 aromatic carbocycles. The van der Waals surface area contributed by atoms with Gasteiger partial charge >= 0.3 is 5.97 Å². The highest BCUT2D eigenvalue weighted by atomic mass is 19.3. The number of carboxylic acids is 1. The molecule has 0 bridgehead atoms. The lowest BCUT2D eigenvalue weighted by molar-refractivity contribution is -0.138.